The molecule has 0 spiro atoms. The highest BCUT2D eigenvalue weighted by Gasteiger charge is 2.43. The molecule has 0 aliphatic carbocycles. The van der Waals surface area contributed by atoms with Crippen LogP contribution in [0.4, 0.5) is 0 Å². The van der Waals surface area contributed by atoms with Crippen LogP contribution in [0.5, 0.6) is 0 Å². The number of carbonyl (C=O) groups excluding carboxylic acids is 1. The molecule has 0 aromatic rings. The molecule has 3 heteroatoms. The summed E-state index contributed by atoms with van der Waals surface area (Å²) in [5.74, 6) is 0.232. The molecule has 3 nitrogen and oxygen atoms in total. The minimum Gasteiger partial charge on any atom is -0.353 e. The van der Waals surface area contributed by atoms with Gasteiger partial charge in [-0.3, -0.25) is 9.69 Å². The van der Waals surface area contributed by atoms with E-state index in [0.29, 0.717) is 24.5 Å². The van der Waals surface area contributed by atoms with Crippen molar-refractivity contribution in [1.29, 1.82) is 0 Å². The van der Waals surface area contributed by atoms with Crippen molar-refractivity contribution in [2.24, 2.45) is 5.41 Å². The zero-order valence-electron chi connectivity index (χ0n) is 14.1. The van der Waals surface area contributed by atoms with Gasteiger partial charge in [0, 0.05) is 30.1 Å². The van der Waals surface area contributed by atoms with E-state index in [9.17, 15) is 4.79 Å². The maximum Gasteiger partial charge on any atom is 0.220 e. The highest BCUT2D eigenvalue weighted by molar-refractivity contribution is 5.78. The largest absolute Gasteiger partial charge is 0.353 e. The molecule has 2 heterocycles. The summed E-state index contributed by atoms with van der Waals surface area (Å²) in [6.07, 6.45) is 5.49. The molecule has 2 saturated heterocycles. The summed E-state index contributed by atoms with van der Waals surface area (Å²) in [6, 6.07) is 1.68. The maximum absolute atomic E-state index is 11.5. The number of hydrogen-bond donors (Lipinski definition) is 1. The Kier molecular flexibility index (Phi) is 4.21. The van der Waals surface area contributed by atoms with Gasteiger partial charge < -0.3 is 5.32 Å². The molecular formula is C17H32N2O. The molecule has 0 bridgehead atoms. The lowest BCUT2D eigenvalue weighted by molar-refractivity contribution is -0.119. The molecule has 20 heavy (non-hydrogen) atoms. The van der Waals surface area contributed by atoms with Gasteiger partial charge in [-0.2, -0.15) is 0 Å². The highest BCUT2D eigenvalue weighted by atomic mass is 16.1. The molecule has 3 unspecified atom stereocenters. The lowest BCUT2D eigenvalue weighted by Gasteiger charge is -2.44. The molecule has 2 rings (SSSR count). The average molecular weight is 280 g/mol. The minimum atomic E-state index is 0.185. The van der Waals surface area contributed by atoms with Crippen molar-refractivity contribution >= 4 is 5.91 Å². The fourth-order valence-corrected chi connectivity index (χ4v) is 4.43. The quantitative estimate of drug-likeness (QED) is 0.860. The molecule has 3 atom stereocenters. The van der Waals surface area contributed by atoms with E-state index in [0.717, 1.165) is 6.42 Å². The van der Waals surface area contributed by atoms with Gasteiger partial charge in [-0.05, 0) is 58.8 Å². The summed E-state index contributed by atoms with van der Waals surface area (Å²) >= 11 is 0. The van der Waals surface area contributed by atoms with Gasteiger partial charge in [0.1, 0.15) is 0 Å². The van der Waals surface area contributed by atoms with Gasteiger partial charge in [-0.15, -0.1) is 0 Å². The van der Waals surface area contributed by atoms with E-state index in [1.807, 2.05) is 0 Å². The topological polar surface area (TPSA) is 32.3 Å². The van der Waals surface area contributed by atoms with Crippen molar-refractivity contribution in [2.75, 3.05) is 0 Å². The van der Waals surface area contributed by atoms with E-state index in [4.69, 9.17) is 0 Å². The van der Waals surface area contributed by atoms with Crippen LogP contribution in [0.3, 0.4) is 0 Å². The number of amides is 1. The Hall–Kier alpha value is -0.570. The third-order valence-electron chi connectivity index (χ3n) is 5.26. The second-order valence-electron chi connectivity index (χ2n) is 8.51. The van der Waals surface area contributed by atoms with Crippen LogP contribution >= 0.6 is 0 Å². The van der Waals surface area contributed by atoms with Crippen LogP contribution in [0.15, 0.2) is 0 Å². The Morgan fingerprint density at radius 2 is 1.80 bits per heavy atom. The van der Waals surface area contributed by atoms with Crippen molar-refractivity contribution in [3.8, 4) is 0 Å². The SMILES string of the molecule is CC1CCC(CC(C)(C)C2CCC(=O)N2)N1C(C)(C)C. The monoisotopic (exact) mass is 280 g/mol. The van der Waals surface area contributed by atoms with Gasteiger partial charge in [0.25, 0.3) is 0 Å². The molecular weight excluding hydrogens is 248 g/mol. The fourth-order valence-electron chi connectivity index (χ4n) is 4.43. The molecule has 1 N–H and O–H groups in total. The Bertz CT molecular complexity index is 370. The first kappa shape index (κ1) is 15.8. The summed E-state index contributed by atoms with van der Waals surface area (Å²) in [5.41, 5.74) is 0.417. The standard InChI is InChI=1S/C17H32N2O/c1-12-7-8-13(19(12)16(2,3)4)11-17(5,6)14-9-10-15(20)18-14/h12-14H,7-11H2,1-6H3,(H,18,20). The number of nitrogens with zero attached hydrogens (tertiary/aromatic N) is 1. The number of carbonyl (C=O) groups is 1. The van der Waals surface area contributed by atoms with Crippen LogP contribution in [0.25, 0.3) is 0 Å². The van der Waals surface area contributed by atoms with Gasteiger partial charge in [-0.25, -0.2) is 0 Å². The van der Waals surface area contributed by atoms with Crippen molar-refractivity contribution < 1.29 is 4.79 Å². The van der Waals surface area contributed by atoms with E-state index >= 15 is 0 Å². The van der Waals surface area contributed by atoms with Crippen LogP contribution < -0.4 is 5.32 Å². The second-order valence-corrected chi connectivity index (χ2v) is 8.51. The van der Waals surface area contributed by atoms with Crippen molar-refractivity contribution in [1.82, 2.24) is 10.2 Å². The summed E-state index contributed by atoms with van der Waals surface area (Å²) in [7, 11) is 0. The Balaban J connectivity index is 2.06. The lowest BCUT2D eigenvalue weighted by atomic mass is 9.77. The fraction of sp³-hybridized carbons (Fsp3) is 0.941. The van der Waals surface area contributed by atoms with E-state index < -0.39 is 0 Å². The molecule has 0 radical (unpaired) electrons. The average Bonchev–Trinajstić information content (AvgIpc) is 2.84. The van der Waals surface area contributed by atoms with Crippen LogP contribution in [0.1, 0.15) is 73.6 Å². The Labute approximate surface area is 124 Å². The summed E-state index contributed by atoms with van der Waals surface area (Å²) in [4.78, 5) is 14.2. The van der Waals surface area contributed by atoms with Crippen LogP contribution in [0, 0.1) is 5.41 Å². The van der Waals surface area contributed by atoms with Crippen LogP contribution in [0.2, 0.25) is 0 Å². The highest BCUT2D eigenvalue weighted by Crippen LogP contribution is 2.40. The van der Waals surface area contributed by atoms with Gasteiger partial charge in [0.05, 0.1) is 0 Å². The number of hydrogen-bond acceptors (Lipinski definition) is 2. The van der Waals surface area contributed by atoms with E-state index in [1.54, 1.807) is 0 Å². The number of likely N-dealkylation sites (tertiary alicyclic amines) is 1. The summed E-state index contributed by atoms with van der Waals surface area (Å²) in [5, 5.41) is 3.18. The molecule has 0 saturated carbocycles. The van der Waals surface area contributed by atoms with Gasteiger partial charge >= 0.3 is 0 Å². The van der Waals surface area contributed by atoms with Crippen molar-refractivity contribution in [3.05, 3.63) is 0 Å². The zero-order valence-corrected chi connectivity index (χ0v) is 14.1. The van der Waals surface area contributed by atoms with Gasteiger partial charge in [-0.1, -0.05) is 13.8 Å². The number of nitrogens with one attached hydrogen (secondary N) is 1. The zero-order chi connectivity index (χ0) is 15.1. The predicted octanol–water partition coefficient (Wildman–Crippen LogP) is 3.33. The molecule has 2 fully saturated rings. The minimum absolute atomic E-state index is 0.185. The Morgan fingerprint density at radius 3 is 2.30 bits per heavy atom. The van der Waals surface area contributed by atoms with E-state index in [1.165, 1.54) is 19.3 Å². The normalized spacial score (nSPS) is 32.7. The summed E-state index contributed by atoms with van der Waals surface area (Å²) < 4.78 is 0. The Morgan fingerprint density at radius 1 is 1.15 bits per heavy atom. The van der Waals surface area contributed by atoms with E-state index in [2.05, 4.69) is 51.8 Å². The third-order valence-corrected chi connectivity index (χ3v) is 5.26. The van der Waals surface area contributed by atoms with Crippen LogP contribution in [-0.2, 0) is 4.79 Å². The number of rotatable bonds is 3. The first-order valence-corrected chi connectivity index (χ1v) is 8.19. The summed E-state index contributed by atoms with van der Waals surface area (Å²) in [6.45, 7) is 14.0. The van der Waals surface area contributed by atoms with Crippen molar-refractivity contribution in [2.45, 2.75) is 97.3 Å². The van der Waals surface area contributed by atoms with Gasteiger partial charge in [0.15, 0.2) is 0 Å². The molecule has 0 aromatic carbocycles. The van der Waals surface area contributed by atoms with Crippen molar-refractivity contribution in [3.63, 3.8) is 0 Å². The molecule has 116 valence electrons. The first-order valence-electron chi connectivity index (χ1n) is 8.19. The molecule has 1 amide bonds. The molecule has 0 aromatic heterocycles. The van der Waals surface area contributed by atoms with E-state index in [-0.39, 0.29) is 16.9 Å². The third kappa shape index (κ3) is 3.19. The predicted molar refractivity (Wildman–Crippen MR) is 83.6 cm³/mol. The second kappa shape index (κ2) is 5.32. The molecule has 2 aliphatic rings. The molecule has 2 aliphatic heterocycles. The lowest BCUT2D eigenvalue weighted by Crippen LogP contribution is -2.51. The maximum atomic E-state index is 11.5. The first-order chi connectivity index (χ1) is 9.11. The smallest absolute Gasteiger partial charge is 0.220 e. The van der Waals surface area contributed by atoms with Gasteiger partial charge in [0.2, 0.25) is 5.91 Å². The van der Waals surface area contributed by atoms with Crippen LogP contribution in [-0.4, -0.2) is 34.5 Å².